The van der Waals surface area contributed by atoms with Crippen LogP contribution in [0.25, 0.3) is 6.08 Å². The normalized spacial score (nSPS) is 15.6. The third-order valence-electron chi connectivity index (χ3n) is 4.64. The molecule has 0 unspecified atom stereocenters. The number of nitrogens with zero attached hydrogens (tertiary/aromatic N) is 1. The van der Waals surface area contributed by atoms with Gasteiger partial charge in [-0.25, -0.2) is 9.69 Å². The number of anilines is 1. The summed E-state index contributed by atoms with van der Waals surface area (Å²) in [5.74, 6) is -1.24. The summed E-state index contributed by atoms with van der Waals surface area (Å²) < 4.78 is 5.69. The number of carbonyl (C=O) groups is 3. The van der Waals surface area contributed by atoms with Gasteiger partial charge in [-0.2, -0.15) is 0 Å². The number of carbonyl (C=O) groups excluding carboxylic acids is 3. The molecule has 1 saturated heterocycles. The summed E-state index contributed by atoms with van der Waals surface area (Å²) in [5, 5.41) is 2.79. The van der Waals surface area contributed by atoms with E-state index >= 15 is 0 Å². The van der Waals surface area contributed by atoms with Gasteiger partial charge in [-0.1, -0.05) is 36.2 Å². The molecule has 2 aromatic carbocycles. The molecule has 2 aromatic rings. The summed E-state index contributed by atoms with van der Waals surface area (Å²) in [6.45, 7) is 6.13. The van der Waals surface area contributed by atoms with Gasteiger partial charge in [-0.05, 0) is 61.7 Å². The van der Waals surface area contributed by atoms with Crippen LogP contribution < -0.4 is 15.0 Å². The van der Waals surface area contributed by atoms with Gasteiger partial charge < -0.3 is 4.74 Å². The molecular weight excluding hydrogens is 427 g/mol. The van der Waals surface area contributed by atoms with E-state index in [2.05, 4.69) is 5.32 Å². The van der Waals surface area contributed by atoms with E-state index in [4.69, 9.17) is 27.9 Å². The highest BCUT2D eigenvalue weighted by molar-refractivity contribution is 6.40. The fraction of sp³-hybridized carbons (Fsp3) is 0.227. The van der Waals surface area contributed by atoms with E-state index < -0.39 is 17.8 Å². The van der Waals surface area contributed by atoms with Crippen molar-refractivity contribution in [2.24, 2.45) is 0 Å². The second-order valence-corrected chi connectivity index (χ2v) is 7.72. The molecule has 1 aliphatic rings. The van der Waals surface area contributed by atoms with E-state index in [0.29, 0.717) is 28.6 Å². The molecule has 0 radical (unpaired) electrons. The number of nitrogens with one attached hydrogen (secondary N) is 1. The van der Waals surface area contributed by atoms with Crippen molar-refractivity contribution >= 4 is 52.8 Å². The molecular formula is C22H20Cl2N2O4. The number of urea groups is 1. The first-order valence-corrected chi connectivity index (χ1v) is 10.1. The third kappa shape index (κ3) is 4.35. The smallest absolute Gasteiger partial charge is 0.335 e. The summed E-state index contributed by atoms with van der Waals surface area (Å²) in [6, 6.07) is 7.42. The van der Waals surface area contributed by atoms with Crippen LogP contribution in [0.4, 0.5) is 10.5 Å². The number of halogens is 2. The maximum absolute atomic E-state index is 13.1. The van der Waals surface area contributed by atoms with Crippen LogP contribution in [0.1, 0.15) is 30.0 Å². The van der Waals surface area contributed by atoms with Crippen molar-refractivity contribution in [3.05, 3.63) is 62.6 Å². The number of barbiturate groups is 1. The molecule has 0 saturated carbocycles. The first kappa shape index (κ1) is 21.9. The lowest BCUT2D eigenvalue weighted by Gasteiger charge is -2.27. The van der Waals surface area contributed by atoms with Gasteiger partial charge in [-0.3, -0.25) is 14.9 Å². The van der Waals surface area contributed by atoms with Crippen LogP contribution >= 0.6 is 23.2 Å². The highest BCUT2D eigenvalue weighted by atomic mass is 35.5. The van der Waals surface area contributed by atoms with Crippen LogP contribution in [0, 0.1) is 13.8 Å². The molecule has 0 bridgehead atoms. The standard InChI is InChI=1S/C22H20Cl2N2O4/c1-4-7-30-19-14(9-15(23)11-18(19)24)10-17-20(27)25-22(29)26(21(17)28)16-6-5-12(2)13(3)8-16/h5-6,8-11H,4,7H2,1-3H3,(H,25,27,29)/b17-10+. The minimum absolute atomic E-state index is 0.229. The number of rotatable bonds is 5. The lowest BCUT2D eigenvalue weighted by molar-refractivity contribution is -0.122. The van der Waals surface area contributed by atoms with E-state index in [1.165, 1.54) is 12.1 Å². The molecule has 156 valence electrons. The quantitative estimate of drug-likeness (QED) is 0.513. The van der Waals surface area contributed by atoms with E-state index in [1.54, 1.807) is 24.3 Å². The maximum atomic E-state index is 13.1. The van der Waals surface area contributed by atoms with Gasteiger partial charge in [0.05, 0.1) is 17.3 Å². The Morgan fingerprint density at radius 3 is 2.47 bits per heavy atom. The number of amides is 4. The molecule has 1 N–H and O–H groups in total. The first-order valence-electron chi connectivity index (χ1n) is 9.33. The van der Waals surface area contributed by atoms with Gasteiger partial charge in [0.15, 0.2) is 0 Å². The Hall–Kier alpha value is -2.83. The number of hydrogen-bond donors (Lipinski definition) is 1. The minimum Gasteiger partial charge on any atom is -0.491 e. The van der Waals surface area contributed by atoms with Crippen molar-refractivity contribution < 1.29 is 19.1 Å². The minimum atomic E-state index is -0.808. The van der Waals surface area contributed by atoms with Gasteiger partial charge in [0, 0.05) is 10.6 Å². The average molecular weight is 447 g/mol. The third-order valence-corrected chi connectivity index (χ3v) is 5.14. The highest BCUT2D eigenvalue weighted by Gasteiger charge is 2.37. The second kappa shape index (κ2) is 8.90. The molecule has 6 nitrogen and oxygen atoms in total. The van der Waals surface area contributed by atoms with Crippen LogP contribution in [-0.4, -0.2) is 24.5 Å². The molecule has 0 aliphatic carbocycles. The molecule has 4 amide bonds. The Bertz CT molecular complexity index is 1080. The first-order chi connectivity index (χ1) is 14.2. The largest absolute Gasteiger partial charge is 0.491 e. The van der Waals surface area contributed by atoms with Crippen LogP contribution in [0.3, 0.4) is 0 Å². The Morgan fingerprint density at radius 2 is 1.80 bits per heavy atom. The monoisotopic (exact) mass is 446 g/mol. The zero-order valence-corrected chi connectivity index (χ0v) is 18.2. The van der Waals surface area contributed by atoms with Crippen molar-refractivity contribution in [3.63, 3.8) is 0 Å². The van der Waals surface area contributed by atoms with Crippen molar-refractivity contribution in [3.8, 4) is 5.75 Å². The predicted octanol–water partition coefficient (Wildman–Crippen LogP) is 5.07. The molecule has 0 spiro atoms. The molecule has 1 heterocycles. The van der Waals surface area contributed by atoms with Gasteiger partial charge in [0.25, 0.3) is 11.8 Å². The topological polar surface area (TPSA) is 75.7 Å². The van der Waals surface area contributed by atoms with E-state index in [1.807, 2.05) is 20.8 Å². The zero-order valence-electron chi connectivity index (χ0n) is 16.7. The summed E-state index contributed by atoms with van der Waals surface area (Å²) in [6.07, 6.45) is 2.07. The Morgan fingerprint density at radius 1 is 1.07 bits per heavy atom. The molecule has 1 fully saturated rings. The fourth-order valence-electron chi connectivity index (χ4n) is 2.96. The van der Waals surface area contributed by atoms with Gasteiger partial charge in [0.2, 0.25) is 0 Å². The fourth-order valence-corrected chi connectivity index (χ4v) is 3.52. The van der Waals surface area contributed by atoms with Gasteiger partial charge in [-0.15, -0.1) is 0 Å². The highest BCUT2D eigenvalue weighted by Crippen LogP contribution is 2.35. The molecule has 3 rings (SSSR count). The van der Waals surface area contributed by atoms with Crippen LogP contribution in [0.2, 0.25) is 10.0 Å². The lowest BCUT2D eigenvalue weighted by atomic mass is 10.0. The van der Waals surface area contributed by atoms with Crippen molar-refractivity contribution in [1.82, 2.24) is 5.32 Å². The SMILES string of the molecule is CCCOc1c(Cl)cc(Cl)cc1/C=C1\C(=O)NC(=O)N(c2ccc(C)c(C)c2)C1=O. The molecule has 1 aliphatic heterocycles. The predicted molar refractivity (Wildman–Crippen MR) is 117 cm³/mol. The van der Waals surface area contributed by atoms with Crippen molar-refractivity contribution in [2.45, 2.75) is 27.2 Å². The number of ether oxygens (including phenoxy) is 1. The number of aryl methyl sites for hydroxylation is 2. The molecule has 0 aromatic heterocycles. The molecule has 30 heavy (non-hydrogen) atoms. The summed E-state index contributed by atoms with van der Waals surface area (Å²) in [4.78, 5) is 38.9. The van der Waals surface area contributed by atoms with E-state index in [0.717, 1.165) is 22.4 Å². The Labute approximate surface area is 184 Å². The second-order valence-electron chi connectivity index (χ2n) is 6.88. The Kier molecular flexibility index (Phi) is 6.48. The van der Waals surface area contributed by atoms with Crippen LogP contribution in [0.5, 0.6) is 5.75 Å². The molecule has 8 heteroatoms. The lowest BCUT2D eigenvalue weighted by Crippen LogP contribution is -2.54. The van der Waals surface area contributed by atoms with Crippen molar-refractivity contribution in [1.29, 1.82) is 0 Å². The zero-order chi connectivity index (χ0) is 22.0. The van der Waals surface area contributed by atoms with Crippen LogP contribution in [0.15, 0.2) is 35.9 Å². The summed E-state index contributed by atoms with van der Waals surface area (Å²) in [7, 11) is 0. The van der Waals surface area contributed by atoms with Gasteiger partial charge in [0.1, 0.15) is 11.3 Å². The number of benzene rings is 2. The summed E-state index contributed by atoms with van der Waals surface area (Å²) >= 11 is 12.4. The van der Waals surface area contributed by atoms with E-state index in [-0.39, 0.29) is 10.6 Å². The van der Waals surface area contributed by atoms with E-state index in [9.17, 15) is 14.4 Å². The van der Waals surface area contributed by atoms with Gasteiger partial charge >= 0.3 is 6.03 Å². The molecule has 0 atom stereocenters. The van der Waals surface area contributed by atoms with Crippen LogP contribution in [-0.2, 0) is 9.59 Å². The Balaban J connectivity index is 2.08. The number of hydrogen-bond acceptors (Lipinski definition) is 4. The average Bonchev–Trinajstić information content (AvgIpc) is 2.67. The maximum Gasteiger partial charge on any atom is 0.335 e. The van der Waals surface area contributed by atoms with Crippen molar-refractivity contribution in [2.75, 3.05) is 11.5 Å². The number of imide groups is 2. The summed E-state index contributed by atoms with van der Waals surface area (Å²) in [5.41, 5.74) is 2.43.